The molecule has 0 aromatic heterocycles. The molecule has 0 aliphatic heterocycles. The van der Waals surface area contributed by atoms with E-state index in [9.17, 15) is 5.11 Å². The number of rotatable bonds is 12. The molecular weight excluding hydrogens is 288 g/mol. The average Bonchev–Trinajstić information content (AvgIpc) is 2.53. The van der Waals surface area contributed by atoms with Crippen LogP contribution in [0.5, 0.6) is 0 Å². The van der Waals surface area contributed by atoms with Crippen LogP contribution in [-0.4, -0.2) is 60.9 Å². The molecule has 6 heteroatoms. The number of aliphatic hydroxyl groups is 1. The minimum Gasteiger partial charge on any atom is -0.396 e. The van der Waals surface area contributed by atoms with Crippen molar-refractivity contribution in [2.45, 2.75) is 12.5 Å². The summed E-state index contributed by atoms with van der Waals surface area (Å²) in [4.78, 5) is 0. The fourth-order valence-electron chi connectivity index (χ4n) is 2.08. The minimum absolute atomic E-state index is 0.128. The van der Waals surface area contributed by atoms with Gasteiger partial charge in [0.15, 0.2) is 0 Å². The van der Waals surface area contributed by atoms with Crippen LogP contribution in [0, 0.1) is 0 Å². The molecule has 0 spiro atoms. The number of methoxy groups -OCH3 is 2. The molecule has 0 fully saturated rings. The number of benzene rings is 1. The Bertz CT molecular complexity index is 350. The van der Waals surface area contributed by atoms with Crippen LogP contribution in [0.1, 0.15) is 6.42 Å². The molecule has 1 N–H and O–H groups in total. The first-order valence-corrected chi connectivity index (χ1v) is 9.23. The van der Waals surface area contributed by atoms with Crippen molar-refractivity contribution < 1.29 is 23.4 Å². The van der Waals surface area contributed by atoms with Gasteiger partial charge < -0.3 is 23.4 Å². The monoisotopic (exact) mass is 314 g/mol. The first-order chi connectivity index (χ1) is 10.3. The van der Waals surface area contributed by atoms with Gasteiger partial charge >= 0.3 is 8.56 Å². The molecule has 5 nitrogen and oxygen atoms in total. The summed E-state index contributed by atoms with van der Waals surface area (Å²) >= 11 is 0. The number of aliphatic hydroxyl groups excluding tert-OH is 1. The Morgan fingerprint density at radius 3 is 1.95 bits per heavy atom. The third kappa shape index (κ3) is 6.25. The molecule has 1 rings (SSSR count). The van der Waals surface area contributed by atoms with Crippen LogP contribution in [0.3, 0.4) is 0 Å². The number of hydrogen-bond acceptors (Lipinski definition) is 5. The van der Waals surface area contributed by atoms with Gasteiger partial charge in [-0.05, 0) is 17.7 Å². The van der Waals surface area contributed by atoms with Crippen molar-refractivity contribution in [1.82, 2.24) is 0 Å². The lowest BCUT2D eigenvalue weighted by Gasteiger charge is -2.31. The molecule has 0 saturated carbocycles. The summed E-state index contributed by atoms with van der Waals surface area (Å²) in [5.74, 6) is 0. The van der Waals surface area contributed by atoms with Gasteiger partial charge in [-0.15, -0.1) is 0 Å². The molecule has 0 heterocycles. The quantitative estimate of drug-likeness (QED) is 0.461. The van der Waals surface area contributed by atoms with Crippen LogP contribution < -0.4 is 5.19 Å². The second-order valence-electron chi connectivity index (χ2n) is 4.63. The van der Waals surface area contributed by atoms with Crippen molar-refractivity contribution in [2.75, 3.05) is 47.3 Å². The molecule has 0 bridgehead atoms. The zero-order valence-electron chi connectivity index (χ0n) is 12.9. The Balaban J connectivity index is 2.89. The van der Waals surface area contributed by atoms with Crippen LogP contribution in [0.2, 0.25) is 6.04 Å². The zero-order valence-corrected chi connectivity index (χ0v) is 13.9. The summed E-state index contributed by atoms with van der Waals surface area (Å²) in [7, 11) is 0.708. The van der Waals surface area contributed by atoms with Gasteiger partial charge in [0, 0.05) is 20.8 Å². The standard InChI is InChI=1S/C15H26O5Si/c1-17-10-12-19-21(14-6-9-16,20-13-11-18-2)15-7-4-3-5-8-15/h3-5,7-8,16H,6,9-14H2,1-2H3. The molecule has 0 atom stereocenters. The van der Waals surface area contributed by atoms with Crippen molar-refractivity contribution >= 4 is 13.7 Å². The van der Waals surface area contributed by atoms with Gasteiger partial charge in [0.05, 0.1) is 26.4 Å². The lowest BCUT2D eigenvalue weighted by atomic mass is 10.4. The van der Waals surface area contributed by atoms with E-state index in [2.05, 4.69) is 0 Å². The van der Waals surface area contributed by atoms with Crippen LogP contribution in [0.15, 0.2) is 30.3 Å². The van der Waals surface area contributed by atoms with Crippen molar-refractivity contribution in [3.05, 3.63) is 30.3 Å². The van der Waals surface area contributed by atoms with E-state index >= 15 is 0 Å². The largest absolute Gasteiger partial charge is 0.396 e. The SMILES string of the molecule is COCCO[Si](CCCO)(OCCOC)c1ccccc1. The Morgan fingerprint density at radius 1 is 0.905 bits per heavy atom. The normalized spacial score (nSPS) is 11.8. The van der Waals surface area contributed by atoms with Gasteiger partial charge in [-0.1, -0.05) is 30.3 Å². The molecule has 1 aromatic carbocycles. The van der Waals surface area contributed by atoms with Gasteiger partial charge in [0.2, 0.25) is 0 Å². The summed E-state index contributed by atoms with van der Waals surface area (Å²) in [6.45, 7) is 2.14. The molecule has 0 aliphatic rings. The second kappa shape index (κ2) is 10.9. The predicted octanol–water partition coefficient (Wildman–Crippen LogP) is 1.04. The number of hydrogen-bond donors (Lipinski definition) is 1. The molecule has 0 amide bonds. The molecule has 0 saturated heterocycles. The van der Waals surface area contributed by atoms with Gasteiger partial charge in [0.1, 0.15) is 0 Å². The van der Waals surface area contributed by atoms with Gasteiger partial charge in [0.25, 0.3) is 0 Å². The summed E-state index contributed by atoms with van der Waals surface area (Å²) in [6, 6.07) is 10.7. The zero-order chi connectivity index (χ0) is 15.4. The maximum Gasteiger partial charge on any atom is 0.372 e. The predicted molar refractivity (Wildman–Crippen MR) is 84.0 cm³/mol. The van der Waals surface area contributed by atoms with Crippen LogP contribution in [-0.2, 0) is 18.3 Å². The highest BCUT2D eigenvalue weighted by molar-refractivity contribution is 6.81. The third-order valence-corrected chi connectivity index (χ3v) is 6.69. The second-order valence-corrected chi connectivity index (χ2v) is 7.79. The van der Waals surface area contributed by atoms with Crippen molar-refractivity contribution in [2.24, 2.45) is 0 Å². The summed E-state index contributed by atoms with van der Waals surface area (Å²) in [5, 5.41) is 10.3. The Hall–Kier alpha value is -0.763. The highest BCUT2D eigenvalue weighted by atomic mass is 28.4. The van der Waals surface area contributed by atoms with Gasteiger partial charge in [-0.25, -0.2) is 0 Å². The molecule has 1 aromatic rings. The van der Waals surface area contributed by atoms with E-state index in [0.29, 0.717) is 38.9 Å². The first-order valence-electron chi connectivity index (χ1n) is 7.21. The van der Waals surface area contributed by atoms with E-state index in [1.54, 1.807) is 14.2 Å². The van der Waals surface area contributed by atoms with Crippen LogP contribution >= 0.6 is 0 Å². The van der Waals surface area contributed by atoms with Crippen LogP contribution in [0.4, 0.5) is 0 Å². The number of ether oxygens (including phenoxy) is 2. The molecule has 120 valence electrons. The topological polar surface area (TPSA) is 57.2 Å². The van der Waals surface area contributed by atoms with Crippen LogP contribution in [0.25, 0.3) is 0 Å². The summed E-state index contributed by atoms with van der Waals surface area (Å²) < 4.78 is 22.4. The molecule has 21 heavy (non-hydrogen) atoms. The summed E-state index contributed by atoms with van der Waals surface area (Å²) in [5.41, 5.74) is 0. The van der Waals surface area contributed by atoms with E-state index in [1.165, 1.54) is 0 Å². The van der Waals surface area contributed by atoms with E-state index in [4.69, 9.17) is 18.3 Å². The lowest BCUT2D eigenvalue weighted by Crippen LogP contribution is -2.55. The van der Waals surface area contributed by atoms with Crippen molar-refractivity contribution in [3.63, 3.8) is 0 Å². The molecule has 0 radical (unpaired) electrons. The maximum atomic E-state index is 9.18. The third-order valence-electron chi connectivity index (χ3n) is 3.12. The van der Waals surface area contributed by atoms with Gasteiger partial charge in [-0.2, -0.15) is 0 Å². The summed E-state index contributed by atoms with van der Waals surface area (Å²) in [6.07, 6.45) is 0.654. The highest BCUT2D eigenvalue weighted by Gasteiger charge is 2.39. The van der Waals surface area contributed by atoms with E-state index in [-0.39, 0.29) is 6.61 Å². The minimum atomic E-state index is -2.59. The Kier molecular flexibility index (Phi) is 9.48. The van der Waals surface area contributed by atoms with Crippen molar-refractivity contribution in [1.29, 1.82) is 0 Å². The smallest absolute Gasteiger partial charge is 0.372 e. The molecular formula is C15H26O5Si. The lowest BCUT2D eigenvalue weighted by molar-refractivity contribution is 0.0907. The molecule has 0 aliphatic carbocycles. The first kappa shape index (κ1) is 18.3. The van der Waals surface area contributed by atoms with E-state index in [1.807, 2.05) is 30.3 Å². The Labute approximate surface area is 128 Å². The highest BCUT2D eigenvalue weighted by Crippen LogP contribution is 2.17. The van der Waals surface area contributed by atoms with Gasteiger partial charge in [-0.3, -0.25) is 0 Å². The fraction of sp³-hybridized carbons (Fsp3) is 0.600. The molecule has 0 unspecified atom stereocenters. The Morgan fingerprint density at radius 2 is 1.48 bits per heavy atom. The fourth-order valence-corrected chi connectivity index (χ4v) is 5.22. The van der Waals surface area contributed by atoms with E-state index < -0.39 is 8.56 Å². The van der Waals surface area contributed by atoms with Crippen molar-refractivity contribution in [3.8, 4) is 0 Å². The maximum absolute atomic E-state index is 9.18. The van der Waals surface area contributed by atoms with E-state index in [0.717, 1.165) is 5.19 Å². The average molecular weight is 314 g/mol.